The van der Waals surface area contributed by atoms with Gasteiger partial charge in [-0.2, -0.15) is 0 Å². The Bertz CT molecular complexity index is 273. The van der Waals surface area contributed by atoms with Crippen molar-refractivity contribution in [3.8, 4) is 0 Å². The van der Waals surface area contributed by atoms with E-state index in [0.29, 0.717) is 0 Å². The van der Waals surface area contributed by atoms with Crippen LogP contribution in [0, 0.1) is 0 Å². The third-order valence-corrected chi connectivity index (χ3v) is 2.60. The molecular weight excluding hydrogens is 144 g/mol. The lowest BCUT2D eigenvalue weighted by Crippen LogP contribution is -1.83. The Morgan fingerprint density at radius 1 is 1.17 bits per heavy atom. The van der Waals surface area contributed by atoms with E-state index in [1.165, 1.54) is 32.1 Å². The van der Waals surface area contributed by atoms with Crippen LogP contribution < -0.4 is 0 Å². The fourth-order valence-corrected chi connectivity index (χ4v) is 1.68. The van der Waals surface area contributed by atoms with Crippen molar-refractivity contribution in [2.45, 2.75) is 39.0 Å². The first-order valence-electron chi connectivity index (χ1n) is 5.01. The highest BCUT2D eigenvalue weighted by molar-refractivity contribution is 5.47. The third-order valence-electron chi connectivity index (χ3n) is 2.60. The van der Waals surface area contributed by atoms with E-state index >= 15 is 0 Å². The van der Waals surface area contributed by atoms with Gasteiger partial charge in [-0.05, 0) is 36.0 Å². The van der Waals surface area contributed by atoms with Gasteiger partial charge in [-0.15, -0.1) is 0 Å². The van der Waals surface area contributed by atoms with Crippen LogP contribution in [0.25, 0.3) is 0 Å². The first-order valence-corrected chi connectivity index (χ1v) is 5.01. The molecule has 0 nitrogen and oxygen atoms in total. The fraction of sp³-hybridized carbons (Fsp3) is 0.500. The molecule has 0 saturated heterocycles. The van der Waals surface area contributed by atoms with Gasteiger partial charge >= 0.3 is 0 Å². The van der Waals surface area contributed by atoms with Crippen molar-refractivity contribution in [1.82, 2.24) is 0 Å². The first-order chi connectivity index (χ1) is 5.90. The van der Waals surface area contributed by atoms with Crippen molar-refractivity contribution in [2.24, 2.45) is 0 Å². The van der Waals surface area contributed by atoms with E-state index in [2.05, 4.69) is 25.1 Å². The summed E-state index contributed by atoms with van der Waals surface area (Å²) in [5, 5.41) is 0. The molecule has 1 aromatic carbocycles. The van der Waals surface area contributed by atoms with Gasteiger partial charge in [0.1, 0.15) is 0 Å². The number of benzene rings is 1. The Morgan fingerprint density at radius 3 is 2.83 bits per heavy atom. The second kappa shape index (κ2) is 3.30. The van der Waals surface area contributed by atoms with Crippen molar-refractivity contribution in [3.05, 3.63) is 34.9 Å². The topological polar surface area (TPSA) is 0 Å². The van der Waals surface area contributed by atoms with Crippen molar-refractivity contribution >= 4 is 0 Å². The van der Waals surface area contributed by atoms with Crippen molar-refractivity contribution in [2.75, 3.05) is 0 Å². The molecule has 0 N–H and O–H groups in total. The van der Waals surface area contributed by atoms with Crippen molar-refractivity contribution in [3.63, 3.8) is 0 Å². The molecule has 0 saturated carbocycles. The molecule has 2 rings (SSSR count). The molecule has 1 aromatic rings. The fourth-order valence-electron chi connectivity index (χ4n) is 1.68. The summed E-state index contributed by atoms with van der Waals surface area (Å²) < 4.78 is 0. The maximum Gasteiger partial charge on any atom is -0.00200 e. The SMILES string of the molecule is CCCCCc1ccc2c(c1)C2. The standard InChI is InChI=1S/C12H16/c1-2-3-4-5-10-6-7-11-9-12(11)8-10/h6-8H,2-5,9H2,1H3. The summed E-state index contributed by atoms with van der Waals surface area (Å²) in [6.07, 6.45) is 6.59. The molecule has 0 heterocycles. The zero-order chi connectivity index (χ0) is 8.39. The van der Waals surface area contributed by atoms with E-state index < -0.39 is 0 Å². The maximum absolute atomic E-state index is 2.38. The van der Waals surface area contributed by atoms with Gasteiger partial charge in [0.05, 0.1) is 0 Å². The molecule has 12 heavy (non-hydrogen) atoms. The van der Waals surface area contributed by atoms with Crippen LogP contribution in [0.15, 0.2) is 18.2 Å². The van der Waals surface area contributed by atoms with Crippen LogP contribution in [-0.2, 0) is 12.8 Å². The van der Waals surface area contributed by atoms with Gasteiger partial charge in [0.15, 0.2) is 0 Å². The van der Waals surface area contributed by atoms with Gasteiger partial charge in [-0.3, -0.25) is 0 Å². The number of hydrogen-bond donors (Lipinski definition) is 0. The van der Waals surface area contributed by atoms with Gasteiger partial charge in [-0.25, -0.2) is 0 Å². The lowest BCUT2D eigenvalue weighted by atomic mass is 10.1. The summed E-state index contributed by atoms with van der Waals surface area (Å²) in [5.41, 5.74) is 4.69. The van der Waals surface area contributed by atoms with Crippen LogP contribution in [0.4, 0.5) is 0 Å². The van der Waals surface area contributed by atoms with E-state index in [4.69, 9.17) is 0 Å². The summed E-state index contributed by atoms with van der Waals surface area (Å²) in [7, 11) is 0. The zero-order valence-corrected chi connectivity index (χ0v) is 7.77. The minimum atomic E-state index is 1.26. The third kappa shape index (κ3) is 1.69. The Morgan fingerprint density at radius 2 is 2.08 bits per heavy atom. The Labute approximate surface area is 74.6 Å². The first kappa shape index (κ1) is 7.85. The molecule has 64 valence electrons. The monoisotopic (exact) mass is 160 g/mol. The molecule has 0 bridgehead atoms. The van der Waals surface area contributed by atoms with Crippen LogP contribution in [-0.4, -0.2) is 0 Å². The zero-order valence-electron chi connectivity index (χ0n) is 7.77. The summed E-state index contributed by atoms with van der Waals surface area (Å²) in [4.78, 5) is 0. The molecule has 0 atom stereocenters. The largest absolute Gasteiger partial charge is 0.0654 e. The summed E-state index contributed by atoms with van der Waals surface area (Å²) in [6, 6.07) is 6.96. The molecule has 1 aliphatic carbocycles. The summed E-state index contributed by atoms with van der Waals surface area (Å²) >= 11 is 0. The highest BCUT2D eigenvalue weighted by Gasteiger charge is 2.15. The Balaban J connectivity index is 1.88. The maximum atomic E-state index is 2.38. The van der Waals surface area contributed by atoms with Gasteiger partial charge in [0, 0.05) is 0 Å². The van der Waals surface area contributed by atoms with Gasteiger partial charge < -0.3 is 0 Å². The number of unbranched alkanes of at least 4 members (excludes halogenated alkanes) is 2. The average Bonchev–Trinajstić information content (AvgIpc) is 2.83. The van der Waals surface area contributed by atoms with Crippen LogP contribution >= 0.6 is 0 Å². The van der Waals surface area contributed by atoms with E-state index in [9.17, 15) is 0 Å². The molecule has 1 aliphatic rings. The highest BCUT2D eigenvalue weighted by Crippen LogP contribution is 2.28. The van der Waals surface area contributed by atoms with Crippen LogP contribution in [0.2, 0.25) is 0 Å². The summed E-state index contributed by atoms with van der Waals surface area (Å²) in [5.74, 6) is 0. The summed E-state index contributed by atoms with van der Waals surface area (Å²) in [6.45, 7) is 2.26. The number of aryl methyl sites for hydroxylation is 1. The van der Waals surface area contributed by atoms with Crippen LogP contribution in [0.1, 0.15) is 42.9 Å². The van der Waals surface area contributed by atoms with Crippen molar-refractivity contribution < 1.29 is 0 Å². The van der Waals surface area contributed by atoms with E-state index in [1.807, 2.05) is 0 Å². The van der Waals surface area contributed by atoms with E-state index in [1.54, 1.807) is 16.7 Å². The lowest BCUT2D eigenvalue weighted by molar-refractivity contribution is 0.717. The predicted molar refractivity (Wildman–Crippen MR) is 52.5 cm³/mol. The second-order valence-electron chi connectivity index (χ2n) is 3.74. The number of fused-ring (bicyclic) bond motifs is 1. The van der Waals surface area contributed by atoms with Gasteiger partial charge in [0.2, 0.25) is 0 Å². The number of rotatable bonds is 4. The normalized spacial score (nSPS) is 12.8. The molecule has 0 amide bonds. The predicted octanol–water partition coefficient (Wildman–Crippen LogP) is 3.32. The molecule has 0 unspecified atom stereocenters. The average molecular weight is 160 g/mol. The molecule has 0 aromatic heterocycles. The second-order valence-corrected chi connectivity index (χ2v) is 3.74. The highest BCUT2D eigenvalue weighted by atomic mass is 14.2. The van der Waals surface area contributed by atoms with Crippen molar-refractivity contribution in [1.29, 1.82) is 0 Å². The Hall–Kier alpha value is -0.780. The van der Waals surface area contributed by atoms with E-state index in [-0.39, 0.29) is 0 Å². The molecule has 0 fully saturated rings. The molecular formula is C12H16. The van der Waals surface area contributed by atoms with Gasteiger partial charge in [-0.1, -0.05) is 38.0 Å². The minimum absolute atomic E-state index is 1.26. The van der Waals surface area contributed by atoms with Gasteiger partial charge in [0.25, 0.3) is 0 Å². The van der Waals surface area contributed by atoms with Crippen LogP contribution in [0.5, 0.6) is 0 Å². The molecule has 0 spiro atoms. The van der Waals surface area contributed by atoms with E-state index in [0.717, 1.165) is 0 Å². The number of hydrogen-bond acceptors (Lipinski definition) is 0. The van der Waals surface area contributed by atoms with Crippen LogP contribution in [0.3, 0.4) is 0 Å². The molecule has 0 radical (unpaired) electrons. The Kier molecular flexibility index (Phi) is 2.16. The lowest BCUT2D eigenvalue weighted by Gasteiger charge is -1.98. The molecule has 0 aliphatic heterocycles. The quantitative estimate of drug-likeness (QED) is 0.602. The molecule has 0 heteroatoms. The minimum Gasteiger partial charge on any atom is -0.0654 e. The smallest absolute Gasteiger partial charge is 0.00200 e.